The van der Waals surface area contributed by atoms with Crippen LogP contribution in [0.5, 0.6) is 5.75 Å². The molecule has 0 fully saturated rings. The number of hydrogen-bond donors (Lipinski definition) is 3. The van der Waals surface area contributed by atoms with Gasteiger partial charge in [0.25, 0.3) is 5.91 Å². The van der Waals surface area contributed by atoms with E-state index in [9.17, 15) is 22.8 Å². The van der Waals surface area contributed by atoms with E-state index in [1.165, 1.54) is 47.9 Å². The first-order chi connectivity index (χ1) is 15.5. The number of anilines is 1. The van der Waals surface area contributed by atoms with Crippen molar-refractivity contribution in [2.75, 3.05) is 11.4 Å². The molecule has 2 aromatic carbocycles. The average molecular weight is 469 g/mol. The first-order valence-electron chi connectivity index (χ1n) is 10.1. The Kier molecular flexibility index (Phi) is 9.06. The van der Waals surface area contributed by atoms with E-state index in [0.29, 0.717) is 5.56 Å². The van der Waals surface area contributed by atoms with Crippen molar-refractivity contribution in [3.05, 3.63) is 59.7 Å². The van der Waals surface area contributed by atoms with E-state index in [4.69, 9.17) is 9.94 Å². The predicted octanol–water partition coefficient (Wildman–Crippen LogP) is 4.23. The average Bonchev–Trinajstić information content (AvgIpc) is 2.74. The second-order valence-corrected chi connectivity index (χ2v) is 7.42. The third kappa shape index (κ3) is 8.28. The van der Waals surface area contributed by atoms with Crippen LogP contribution in [0.3, 0.4) is 0 Å². The van der Waals surface area contributed by atoms with Crippen LogP contribution < -0.4 is 20.4 Å². The smallest absolute Gasteiger partial charge is 0.404 e. The fourth-order valence-electron chi connectivity index (χ4n) is 3.01. The zero-order valence-electron chi connectivity index (χ0n) is 18.3. The molecule has 0 bridgehead atoms. The van der Waals surface area contributed by atoms with Gasteiger partial charge >= 0.3 is 12.4 Å². The van der Waals surface area contributed by atoms with Crippen LogP contribution in [0.4, 0.5) is 23.7 Å². The molecule has 0 radical (unpaired) electrons. The Balaban J connectivity index is 2.32. The van der Waals surface area contributed by atoms with Crippen molar-refractivity contribution in [1.82, 2.24) is 10.8 Å². The van der Waals surface area contributed by atoms with E-state index in [-0.39, 0.29) is 36.5 Å². The Morgan fingerprint density at radius 3 is 2.27 bits per heavy atom. The predicted molar refractivity (Wildman–Crippen MR) is 114 cm³/mol. The van der Waals surface area contributed by atoms with E-state index in [1.807, 2.05) is 13.8 Å². The summed E-state index contributed by atoms with van der Waals surface area (Å²) in [7, 11) is 0. The summed E-state index contributed by atoms with van der Waals surface area (Å²) < 4.78 is 48.5. The van der Waals surface area contributed by atoms with Crippen molar-refractivity contribution in [2.45, 2.75) is 45.9 Å². The van der Waals surface area contributed by atoms with Crippen LogP contribution in [-0.2, 0) is 11.3 Å². The van der Waals surface area contributed by atoms with E-state index in [1.54, 1.807) is 6.92 Å². The van der Waals surface area contributed by atoms with E-state index in [0.717, 1.165) is 11.0 Å². The maximum absolute atomic E-state index is 13.0. The second-order valence-electron chi connectivity index (χ2n) is 7.42. The van der Waals surface area contributed by atoms with Crippen LogP contribution >= 0.6 is 0 Å². The number of carbonyl (C=O) groups excluding carboxylic acids is 2. The summed E-state index contributed by atoms with van der Waals surface area (Å²) in [5.74, 6) is -1.26. The van der Waals surface area contributed by atoms with Gasteiger partial charge in [-0.15, -0.1) is 13.2 Å². The molecule has 2 rings (SSSR count). The van der Waals surface area contributed by atoms with Crippen LogP contribution in [0.15, 0.2) is 48.5 Å². The van der Waals surface area contributed by atoms with Crippen molar-refractivity contribution in [2.24, 2.45) is 0 Å². The molecule has 3 amide bonds. The number of alkyl halides is 3. The largest absolute Gasteiger partial charge is 0.573 e. The molecule has 1 atom stereocenters. The number of ether oxygens (including phenoxy) is 2. The standard InChI is InChI=1S/C22H26F3N3O5/c1-14(2)32-15(3)12-26-21(30)28(13-16-8-10-17(11-9-16)20(29)27-31)18-6-4-5-7-19(18)33-22(23,24)25/h4-11,14-15,31H,12-13H2,1-3H3,(H,26,30)(H,27,29). The van der Waals surface area contributed by atoms with Crippen molar-refractivity contribution < 1.29 is 37.4 Å². The van der Waals surface area contributed by atoms with Crippen molar-refractivity contribution in [3.63, 3.8) is 0 Å². The number of urea groups is 1. The Morgan fingerprint density at radius 2 is 1.70 bits per heavy atom. The molecule has 3 N–H and O–H groups in total. The summed E-state index contributed by atoms with van der Waals surface area (Å²) in [5, 5.41) is 11.4. The lowest BCUT2D eigenvalue weighted by molar-refractivity contribution is -0.274. The van der Waals surface area contributed by atoms with Crippen LogP contribution in [0, 0.1) is 0 Å². The fourth-order valence-corrected chi connectivity index (χ4v) is 3.01. The van der Waals surface area contributed by atoms with Gasteiger partial charge in [-0.05, 0) is 50.6 Å². The minimum absolute atomic E-state index is 0.0662. The fraction of sp³-hybridized carbons (Fsp3) is 0.364. The van der Waals surface area contributed by atoms with Gasteiger partial charge < -0.3 is 14.8 Å². The maximum atomic E-state index is 13.0. The highest BCUT2D eigenvalue weighted by molar-refractivity contribution is 5.94. The van der Waals surface area contributed by atoms with Crippen molar-refractivity contribution in [3.8, 4) is 5.75 Å². The number of halogens is 3. The van der Waals surface area contributed by atoms with Crippen LogP contribution in [0.2, 0.25) is 0 Å². The molecule has 8 nitrogen and oxygen atoms in total. The summed E-state index contributed by atoms with van der Waals surface area (Å²) in [6.07, 6.45) is -5.34. The second kappa shape index (κ2) is 11.5. The number of hydroxylamine groups is 1. The lowest BCUT2D eigenvalue weighted by Gasteiger charge is -2.27. The van der Waals surface area contributed by atoms with Gasteiger partial charge in [-0.2, -0.15) is 0 Å². The first kappa shape index (κ1) is 25.9. The highest BCUT2D eigenvalue weighted by Crippen LogP contribution is 2.33. The van der Waals surface area contributed by atoms with Gasteiger partial charge in [0.05, 0.1) is 24.4 Å². The Hall–Kier alpha value is -3.31. The summed E-state index contributed by atoms with van der Waals surface area (Å²) in [6.45, 7) is 5.46. The zero-order chi connectivity index (χ0) is 24.6. The van der Waals surface area contributed by atoms with Gasteiger partial charge in [-0.3, -0.25) is 14.9 Å². The molecule has 180 valence electrons. The topological polar surface area (TPSA) is 100 Å². The Labute approximate surface area is 189 Å². The molecule has 0 saturated heterocycles. The Morgan fingerprint density at radius 1 is 1.06 bits per heavy atom. The highest BCUT2D eigenvalue weighted by Gasteiger charge is 2.33. The molecular formula is C22H26F3N3O5. The number of para-hydroxylation sites is 2. The lowest BCUT2D eigenvalue weighted by Crippen LogP contribution is -2.43. The molecule has 2 aromatic rings. The number of carbonyl (C=O) groups is 2. The SMILES string of the molecule is CC(C)OC(C)CNC(=O)N(Cc1ccc(C(=O)NO)cc1)c1ccccc1OC(F)(F)F. The molecule has 0 aromatic heterocycles. The Bertz CT molecular complexity index is 936. The molecule has 0 heterocycles. The van der Waals surface area contributed by atoms with Gasteiger partial charge in [-0.25, -0.2) is 10.3 Å². The first-order valence-corrected chi connectivity index (χ1v) is 10.1. The summed E-state index contributed by atoms with van der Waals surface area (Å²) >= 11 is 0. The number of rotatable bonds is 9. The zero-order valence-corrected chi connectivity index (χ0v) is 18.3. The van der Waals surface area contributed by atoms with Crippen LogP contribution in [0.1, 0.15) is 36.7 Å². The lowest BCUT2D eigenvalue weighted by atomic mass is 10.1. The van der Waals surface area contributed by atoms with Gasteiger partial charge in [0.1, 0.15) is 0 Å². The van der Waals surface area contributed by atoms with Gasteiger partial charge in [0.2, 0.25) is 0 Å². The molecule has 33 heavy (non-hydrogen) atoms. The van der Waals surface area contributed by atoms with Gasteiger partial charge in [0.15, 0.2) is 5.75 Å². The number of hydrogen-bond acceptors (Lipinski definition) is 5. The third-order valence-corrected chi connectivity index (χ3v) is 4.33. The molecule has 0 aliphatic rings. The quantitative estimate of drug-likeness (QED) is 0.377. The highest BCUT2D eigenvalue weighted by atomic mass is 19.4. The number of nitrogens with one attached hydrogen (secondary N) is 2. The molecule has 11 heteroatoms. The summed E-state index contributed by atoms with van der Waals surface area (Å²) in [4.78, 5) is 25.6. The minimum Gasteiger partial charge on any atom is -0.404 e. The summed E-state index contributed by atoms with van der Waals surface area (Å²) in [5.41, 5.74) is 2.10. The van der Waals surface area contributed by atoms with Crippen LogP contribution in [0.25, 0.3) is 0 Å². The van der Waals surface area contributed by atoms with Gasteiger partial charge in [-0.1, -0.05) is 24.3 Å². The minimum atomic E-state index is -4.95. The van der Waals surface area contributed by atoms with E-state index >= 15 is 0 Å². The maximum Gasteiger partial charge on any atom is 0.573 e. The molecule has 0 saturated carbocycles. The van der Waals surface area contributed by atoms with Crippen LogP contribution in [-0.4, -0.2) is 42.3 Å². The number of amides is 3. The van der Waals surface area contributed by atoms with Crippen molar-refractivity contribution in [1.29, 1.82) is 0 Å². The molecular weight excluding hydrogens is 443 g/mol. The van der Waals surface area contributed by atoms with Crippen molar-refractivity contribution >= 4 is 17.6 Å². The number of benzene rings is 2. The summed E-state index contributed by atoms with van der Waals surface area (Å²) in [6, 6.07) is 10.5. The molecule has 1 unspecified atom stereocenters. The third-order valence-electron chi connectivity index (χ3n) is 4.33. The van der Waals surface area contributed by atoms with E-state index in [2.05, 4.69) is 10.1 Å². The monoisotopic (exact) mass is 469 g/mol. The number of nitrogens with zero attached hydrogens (tertiary/aromatic N) is 1. The normalized spacial score (nSPS) is 12.2. The molecule has 0 spiro atoms. The molecule has 0 aliphatic heterocycles. The molecule has 0 aliphatic carbocycles. The van der Waals surface area contributed by atoms with Gasteiger partial charge in [0, 0.05) is 12.1 Å². The van der Waals surface area contributed by atoms with E-state index < -0.39 is 24.1 Å².